The first kappa shape index (κ1) is 13.3. The van der Waals surface area contributed by atoms with Crippen molar-refractivity contribution in [2.24, 2.45) is 5.73 Å². The highest BCUT2D eigenvalue weighted by Crippen LogP contribution is 2.24. The Kier molecular flexibility index (Phi) is 3.36. The van der Waals surface area contributed by atoms with Gasteiger partial charge in [0.1, 0.15) is 0 Å². The number of phenolic OH excluding ortho intramolecular Hbond substituents is 1. The summed E-state index contributed by atoms with van der Waals surface area (Å²) in [5, 5.41) is 12.9. The minimum Gasteiger partial charge on any atom is -0.505 e. The lowest BCUT2D eigenvalue weighted by Crippen LogP contribution is -2.13. The van der Waals surface area contributed by atoms with Crippen LogP contribution >= 0.6 is 0 Å². The van der Waals surface area contributed by atoms with Crippen molar-refractivity contribution in [1.29, 1.82) is 0 Å². The lowest BCUT2D eigenvalue weighted by molar-refractivity contribution is 0.354. The van der Waals surface area contributed by atoms with Crippen molar-refractivity contribution < 1.29 is 14.0 Å². The molecular formula is C13H12FN5O2. The molecule has 0 bridgehead atoms. The van der Waals surface area contributed by atoms with Gasteiger partial charge in [-0.2, -0.15) is 4.98 Å². The van der Waals surface area contributed by atoms with Crippen LogP contribution in [-0.2, 0) is 6.42 Å². The normalized spacial score (nSPS) is 12.5. The second kappa shape index (κ2) is 5.33. The zero-order valence-corrected chi connectivity index (χ0v) is 10.8. The van der Waals surface area contributed by atoms with Gasteiger partial charge in [-0.25, -0.2) is 9.37 Å². The van der Waals surface area contributed by atoms with Crippen LogP contribution in [-0.4, -0.2) is 25.2 Å². The summed E-state index contributed by atoms with van der Waals surface area (Å²) in [4.78, 5) is 11.0. The maximum Gasteiger partial charge on any atom is 0.244 e. The van der Waals surface area contributed by atoms with E-state index in [-0.39, 0.29) is 11.7 Å². The van der Waals surface area contributed by atoms with E-state index in [2.05, 4.69) is 20.1 Å². The van der Waals surface area contributed by atoms with Crippen molar-refractivity contribution in [3.63, 3.8) is 0 Å². The van der Waals surface area contributed by atoms with Crippen LogP contribution in [0.5, 0.6) is 5.75 Å². The lowest BCUT2D eigenvalue weighted by atomic mass is 10.1. The molecule has 0 fully saturated rings. The number of aromatic hydroxyl groups is 1. The van der Waals surface area contributed by atoms with Crippen LogP contribution in [0.1, 0.15) is 17.6 Å². The fraction of sp³-hybridized carbons (Fsp3) is 0.154. The summed E-state index contributed by atoms with van der Waals surface area (Å²) in [6, 6.07) is 3.36. The lowest BCUT2D eigenvalue weighted by Gasteiger charge is -2.03. The molecule has 2 heterocycles. The third-order valence-corrected chi connectivity index (χ3v) is 2.96. The average molecular weight is 289 g/mol. The molecule has 8 heteroatoms. The second-order valence-corrected chi connectivity index (χ2v) is 4.51. The summed E-state index contributed by atoms with van der Waals surface area (Å²) in [6.45, 7) is 0. The Morgan fingerprint density at radius 1 is 1.43 bits per heavy atom. The number of phenols is 1. The van der Waals surface area contributed by atoms with Gasteiger partial charge in [-0.15, -0.1) is 0 Å². The highest BCUT2D eigenvalue weighted by molar-refractivity contribution is 5.55. The molecule has 3 rings (SSSR count). The number of H-pyrrole nitrogens is 1. The Labute approximate surface area is 118 Å². The van der Waals surface area contributed by atoms with E-state index in [0.29, 0.717) is 12.0 Å². The van der Waals surface area contributed by atoms with Crippen LogP contribution in [0.4, 0.5) is 4.39 Å². The van der Waals surface area contributed by atoms with Crippen molar-refractivity contribution in [3.05, 3.63) is 48.1 Å². The molecule has 108 valence electrons. The SMILES string of the molecule is N[C@@H](Cc1cnc[nH]1)c1nc(-c2ccc(O)c(F)c2)no1. The first-order chi connectivity index (χ1) is 10.1. The zero-order valence-electron chi connectivity index (χ0n) is 10.8. The summed E-state index contributed by atoms with van der Waals surface area (Å²) in [5.74, 6) is -0.726. The van der Waals surface area contributed by atoms with E-state index in [9.17, 15) is 4.39 Å². The molecule has 0 saturated heterocycles. The Bertz CT molecular complexity index is 741. The van der Waals surface area contributed by atoms with E-state index in [0.717, 1.165) is 11.8 Å². The molecule has 2 aromatic heterocycles. The Hall–Kier alpha value is -2.74. The van der Waals surface area contributed by atoms with Crippen LogP contribution in [0.3, 0.4) is 0 Å². The standard InChI is InChI=1S/C13H12FN5O2/c14-9-3-7(1-2-11(9)20)12-18-13(21-19-12)10(15)4-8-5-16-6-17-8/h1-3,5-6,10,20H,4,15H2,(H,16,17)/t10-/m0/s1. The smallest absolute Gasteiger partial charge is 0.244 e. The summed E-state index contributed by atoms with van der Waals surface area (Å²) in [7, 11) is 0. The number of aromatic nitrogens is 4. The molecule has 1 aromatic carbocycles. The van der Waals surface area contributed by atoms with Crippen molar-refractivity contribution in [1.82, 2.24) is 20.1 Å². The van der Waals surface area contributed by atoms with Gasteiger partial charge in [0.25, 0.3) is 0 Å². The number of nitrogens with zero attached hydrogens (tertiary/aromatic N) is 3. The molecule has 0 amide bonds. The highest BCUT2D eigenvalue weighted by atomic mass is 19.1. The number of hydrogen-bond donors (Lipinski definition) is 3. The van der Waals surface area contributed by atoms with Crippen molar-refractivity contribution in [2.45, 2.75) is 12.5 Å². The number of imidazole rings is 1. The number of benzene rings is 1. The summed E-state index contributed by atoms with van der Waals surface area (Å²) in [5.41, 5.74) is 7.22. The van der Waals surface area contributed by atoms with E-state index in [1.165, 1.54) is 12.1 Å². The number of halogens is 1. The van der Waals surface area contributed by atoms with Gasteiger partial charge < -0.3 is 20.3 Å². The first-order valence-electron chi connectivity index (χ1n) is 6.19. The molecule has 3 aromatic rings. The maximum absolute atomic E-state index is 13.3. The second-order valence-electron chi connectivity index (χ2n) is 4.51. The number of aromatic amines is 1. The van der Waals surface area contributed by atoms with Gasteiger partial charge in [0.15, 0.2) is 11.6 Å². The van der Waals surface area contributed by atoms with E-state index < -0.39 is 17.6 Å². The van der Waals surface area contributed by atoms with Gasteiger partial charge in [0, 0.05) is 23.9 Å². The van der Waals surface area contributed by atoms with E-state index in [1.807, 2.05) is 0 Å². The number of rotatable bonds is 4. The molecule has 0 aliphatic carbocycles. The fourth-order valence-corrected chi connectivity index (χ4v) is 1.87. The maximum atomic E-state index is 13.3. The number of nitrogens with one attached hydrogen (secondary N) is 1. The molecule has 4 N–H and O–H groups in total. The van der Waals surface area contributed by atoms with Crippen LogP contribution in [0.25, 0.3) is 11.4 Å². The van der Waals surface area contributed by atoms with E-state index >= 15 is 0 Å². The Morgan fingerprint density at radius 3 is 3.00 bits per heavy atom. The topological polar surface area (TPSA) is 114 Å². The third-order valence-electron chi connectivity index (χ3n) is 2.96. The van der Waals surface area contributed by atoms with Crippen LogP contribution in [0.15, 0.2) is 35.2 Å². The van der Waals surface area contributed by atoms with Gasteiger partial charge in [-0.3, -0.25) is 0 Å². The monoisotopic (exact) mass is 289 g/mol. The molecule has 0 saturated carbocycles. The Balaban J connectivity index is 1.80. The molecule has 0 unspecified atom stereocenters. The molecule has 21 heavy (non-hydrogen) atoms. The molecule has 0 aliphatic rings. The van der Waals surface area contributed by atoms with Gasteiger partial charge in [-0.1, -0.05) is 5.16 Å². The predicted molar refractivity (Wildman–Crippen MR) is 70.6 cm³/mol. The van der Waals surface area contributed by atoms with Crippen molar-refractivity contribution in [3.8, 4) is 17.1 Å². The first-order valence-corrected chi connectivity index (χ1v) is 6.19. The van der Waals surface area contributed by atoms with Gasteiger partial charge in [-0.05, 0) is 18.2 Å². The minimum atomic E-state index is -0.749. The van der Waals surface area contributed by atoms with Crippen molar-refractivity contribution in [2.75, 3.05) is 0 Å². The van der Waals surface area contributed by atoms with Crippen LogP contribution in [0.2, 0.25) is 0 Å². The molecule has 1 atom stereocenters. The van der Waals surface area contributed by atoms with Gasteiger partial charge in [0.05, 0.1) is 12.4 Å². The molecule has 7 nitrogen and oxygen atoms in total. The molecular weight excluding hydrogens is 277 g/mol. The number of hydrogen-bond acceptors (Lipinski definition) is 6. The van der Waals surface area contributed by atoms with E-state index in [1.54, 1.807) is 12.5 Å². The average Bonchev–Trinajstić information content (AvgIpc) is 3.12. The highest BCUT2D eigenvalue weighted by Gasteiger charge is 2.17. The Morgan fingerprint density at radius 2 is 2.29 bits per heavy atom. The van der Waals surface area contributed by atoms with Crippen LogP contribution < -0.4 is 5.73 Å². The zero-order chi connectivity index (χ0) is 14.8. The number of nitrogens with two attached hydrogens (primary N) is 1. The van der Waals surface area contributed by atoms with Gasteiger partial charge in [0.2, 0.25) is 11.7 Å². The third kappa shape index (κ3) is 2.75. The van der Waals surface area contributed by atoms with E-state index in [4.69, 9.17) is 15.4 Å². The predicted octanol–water partition coefficient (Wildman–Crippen LogP) is 1.55. The summed E-state index contributed by atoms with van der Waals surface area (Å²) in [6.07, 6.45) is 3.68. The van der Waals surface area contributed by atoms with Gasteiger partial charge >= 0.3 is 0 Å². The summed E-state index contributed by atoms with van der Waals surface area (Å²) >= 11 is 0. The summed E-state index contributed by atoms with van der Waals surface area (Å²) < 4.78 is 18.4. The minimum absolute atomic E-state index is 0.212. The molecule has 0 spiro atoms. The largest absolute Gasteiger partial charge is 0.505 e. The molecule has 0 radical (unpaired) electrons. The molecule has 0 aliphatic heterocycles. The quantitative estimate of drug-likeness (QED) is 0.671. The van der Waals surface area contributed by atoms with Crippen LogP contribution in [0, 0.1) is 5.82 Å². The van der Waals surface area contributed by atoms with Crippen molar-refractivity contribution >= 4 is 0 Å². The fourth-order valence-electron chi connectivity index (χ4n) is 1.87.